The van der Waals surface area contributed by atoms with E-state index in [1.807, 2.05) is 27.7 Å². The van der Waals surface area contributed by atoms with Crippen LogP contribution in [0.4, 0.5) is 13.2 Å². The maximum Gasteiger partial charge on any atom is 0.422 e. The molecule has 0 aromatic heterocycles. The van der Waals surface area contributed by atoms with Gasteiger partial charge in [-0.1, -0.05) is 27.7 Å². The minimum Gasteiger partial charge on any atom is -0.465 e. The Hall–Kier alpha value is -1.27. The first kappa shape index (κ1) is 19.7. The molecule has 0 radical (unpaired) electrons. The Morgan fingerprint density at radius 3 is 1.90 bits per heavy atom. The standard InChI is InChI=1S/C14H23F3O4/c1-6-13(5,12(2,3)4)11(19)20-8-7-10(18)21-9-14(15,16)17/h6-9H2,1-5H3. The van der Waals surface area contributed by atoms with Crippen LogP contribution >= 0.6 is 0 Å². The number of esters is 2. The number of hydrogen-bond acceptors (Lipinski definition) is 4. The van der Waals surface area contributed by atoms with E-state index in [4.69, 9.17) is 4.74 Å². The minimum atomic E-state index is -4.56. The van der Waals surface area contributed by atoms with E-state index in [1.165, 1.54) is 0 Å². The van der Waals surface area contributed by atoms with Crippen LogP contribution in [0.5, 0.6) is 0 Å². The van der Waals surface area contributed by atoms with Gasteiger partial charge < -0.3 is 9.47 Å². The molecule has 0 spiro atoms. The van der Waals surface area contributed by atoms with Crippen LogP contribution in [0.2, 0.25) is 0 Å². The summed E-state index contributed by atoms with van der Waals surface area (Å²) >= 11 is 0. The van der Waals surface area contributed by atoms with Crippen molar-refractivity contribution in [1.29, 1.82) is 0 Å². The van der Waals surface area contributed by atoms with Gasteiger partial charge in [0, 0.05) is 0 Å². The van der Waals surface area contributed by atoms with Gasteiger partial charge in [-0.25, -0.2) is 0 Å². The van der Waals surface area contributed by atoms with E-state index in [0.717, 1.165) is 0 Å². The zero-order chi connectivity index (χ0) is 16.9. The average molecular weight is 312 g/mol. The highest BCUT2D eigenvalue weighted by molar-refractivity contribution is 5.77. The van der Waals surface area contributed by atoms with E-state index in [2.05, 4.69) is 4.74 Å². The fraction of sp³-hybridized carbons (Fsp3) is 0.857. The normalized spacial score (nSPS) is 15.2. The van der Waals surface area contributed by atoms with Crippen LogP contribution in [0.1, 0.15) is 47.5 Å². The fourth-order valence-electron chi connectivity index (χ4n) is 1.60. The molecule has 1 unspecified atom stereocenters. The average Bonchev–Trinajstić information content (AvgIpc) is 2.32. The fourth-order valence-corrected chi connectivity index (χ4v) is 1.60. The molecule has 0 fully saturated rings. The number of carbonyl (C=O) groups is 2. The number of ether oxygens (including phenoxy) is 2. The molecule has 0 N–H and O–H groups in total. The molecule has 7 heteroatoms. The van der Waals surface area contributed by atoms with Gasteiger partial charge in [0.05, 0.1) is 11.8 Å². The Balaban J connectivity index is 4.29. The van der Waals surface area contributed by atoms with Gasteiger partial charge in [0.2, 0.25) is 0 Å². The molecule has 0 bridgehead atoms. The minimum absolute atomic E-state index is 0.290. The molecule has 0 aromatic rings. The molecule has 21 heavy (non-hydrogen) atoms. The third kappa shape index (κ3) is 6.35. The van der Waals surface area contributed by atoms with Crippen molar-refractivity contribution in [2.75, 3.05) is 13.2 Å². The van der Waals surface area contributed by atoms with Crippen LogP contribution in [-0.4, -0.2) is 31.3 Å². The Morgan fingerprint density at radius 1 is 1.00 bits per heavy atom. The number of halogens is 3. The lowest BCUT2D eigenvalue weighted by Crippen LogP contribution is -2.41. The second-order valence-electron chi connectivity index (χ2n) is 6.10. The molecule has 1 atom stereocenters. The molecule has 0 saturated carbocycles. The van der Waals surface area contributed by atoms with E-state index in [9.17, 15) is 22.8 Å². The van der Waals surface area contributed by atoms with E-state index < -0.39 is 36.6 Å². The SMILES string of the molecule is CCC(C)(C(=O)OCCC(=O)OCC(F)(F)F)C(C)(C)C. The highest BCUT2D eigenvalue weighted by Crippen LogP contribution is 2.42. The van der Waals surface area contributed by atoms with E-state index >= 15 is 0 Å². The van der Waals surface area contributed by atoms with Gasteiger partial charge >= 0.3 is 18.1 Å². The Labute approximate surface area is 123 Å². The third-order valence-corrected chi connectivity index (χ3v) is 3.75. The van der Waals surface area contributed by atoms with E-state index in [-0.39, 0.29) is 12.0 Å². The van der Waals surface area contributed by atoms with Gasteiger partial charge in [0.1, 0.15) is 6.61 Å². The topological polar surface area (TPSA) is 52.6 Å². The first-order valence-corrected chi connectivity index (χ1v) is 6.73. The van der Waals surface area contributed by atoms with Crippen molar-refractivity contribution in [3.05, 3.63) is 0 Å². The highest BCUT2D eigenvalue weighted by atomic mass is 19.4. The summed E-state index contributed by atoms with van der Waals surface area (Å²) < 4.78 is 44.5. The Bertz CT molecular complexity index is 371. The van der Waals surface area contributed by atoms with Crippen molar-refractivity contribution in [1.82, 2.24) is 0 Å². The molecule has 124 valence electrons. The number of carbonyl (C=O) groups excluding carboxylic acids is 2. The lowest BCUT2D eigenvalue weighted by molar-refractivity contribution is -0.187. The molecule has 4 nitrogen and oxygen atoms in total. The molecular formula is C14H23F3O4. The van der Waals surface area contributed by atoms with E-state index in [0.29, 0.717) is 6.42 Å². The Morgan fingerprint density at radius 2 is 1.52 bits per heavy atom. The summed E-state index contributed by atoms with van der Waals surface area (Å²) in [5, 5.41) is 0. The first-order chi connectivity index (χ1) is 9.33. The van der Waals surface area contributed by atoms with Crippen LogP contribution in [-0.2, 0) is 19.1 Å². The summed E-state index contributed by atoms with van der Waals surface area (Å²) in [5.74, 6) is -1.52. The van der Waals surface area contributed by atoms with Gasteiger partial charge in [-0.2, -0.15) is 13.2 Å². The van der Waals surface area contributed by atoms with Crippen LogP contribution in [0, 0.1) is 10.8 Å². The van der Waals surface area contributed by atoms with Crippen LogP contribution < -0.4 is 0 Å². The van der Waals surface area contributed by atoms with E-state index in [1.54, 1.807) is 6.92 Å². The predicted octanol–water partition coefficient (Wildman–Crippen LogP) is 3.49. The lowest BCUT2D eigenvalue weighted by Gasteiger charge is -2.38. The van der Waals surface area contributed by atoms with Gasteiger partial charge in [-0.05, 0) is 18.8 Å². The highest BCUT2D eigenvalue weighted by Gasteiger charge is 2.44. The van der Waals surface area contributed by atoms with Gasteiger partial charge in [0.25, 0.3) is 0 Å². The summed E-state index contributed by atoms with van der Waals surface area (Å²) in [7, 11) is 0. The van der Waals surface area contributed by atoms with Gasteiger partial charge in [-0.3, -0.25) is 9.59 Å². The number of hydrogen-bond donors (Lipinski definition) is 0. The summed E-state index contributed by atoms with van der Waals surface area (Å²) in [6.07, 6.45) is -4.40. The van der Waals surface area contributed by atoms with Crippen molar-refractivity contribution in [2.45, 2.75) is 53.6 Å². The van der Waals surface area contributed by atoms with Crippen molar-refractivity contribution in [3.8, 4) is 0 Å². The maximum absolute atomic E-state index is 12.1. The zero-order valence-corrected chi connectivity index (χ0v) is 13.1. The smallest absolute Gasteiger partial charge is 0.422 e. The van der Waals surface area contributed by atoms with Crippen LogP contribution in [0.3, 0.4) is 0 Å². The molecule has 0 amide bonds. The maximum atomic E-state index is 12.1. The molecule has 0 heterocycles. The molecule has 0 saturated heterocycles. The number of rotatable bonds is 6. The zero-order valence-electron chi connectivity index (χ0n) is 13.1. The number of alkyl halides is 3. The molecule has 0 rings (SSSR count). The Kier molecular flexibility index (Phi) is 6.70. The van der Waals surface area contributed by atoms with Crippen molar-refractivity contribution in [3.63, 3.8) is 0 Å². The van der Waals surface area contributed by atoms with Gasteiger partial charge in [0.15, 0.2) is 6.61 Å². The molecule has 0 aromatic carbocycles. The second-order valence-corrected chi connectivity index (χ2v) is 6.10. The van der Waals surface area contributed by atoms with Crippen molar-refractivity contribution < 1.29 is 32.2 Å². The largest absolute Gasteiger partial charge is 0.465 e. The predicted molar refractivity (Wildman–Crippen MR) is 70.4 cm³/mol. The van der Waals surface area contributed by atoms with Crippen LogP contribution in [0.15, 0.2) is 0 Å². The quantitative estimate of drug-likeness (QED) is 0.705. The summed E-state index contributed by atoms with van der Waals surface area (Å²) in [6.45, 7) is 7.39. The van der Waals surface area contributed by atoms with Crippen LogP contribution in [0.25, 0.3) is 0 Å². The molecule has 0 aliphatic heterocycles. The van der Waals surface area contributed by atoms with Crippen molar-refractivity contribution >= 4 is 11.9 Å². The monoisotopic (exact) mass is 312 g/mol. The molecule has 0 aliphatic rings. The summed E-state index contributed by atoms with van der Waals surface area (Å²) in [5.41, 5.74) is -1.07. The second kappa shape index (κ2) is 7.13. The summed E-state index contributed by atoms with van der Waals surface area (Å²) in [6, 6.07) is 0. The summed E-state index contributed by atoms with van der Waals surface area (Å²) in [4.78, 5) is 23.2. The van der Waals surface area contributed by atoms with Crippen molar-refractivity contribution in [2.24, 2.45) is 10.8 Å². The third-order valence-electron chi connectivity index (χ3n) is 3.75. The molecule has 0 aliphatic carbocycles. The van der Waals surface area contributed by atoms with Gasteiger partial charge in [-0.15, -0.1) is 0 Å². The molecular weight excluding hydrogens is 289 g/mol. The first-order valence-electron chi connectivity index (χ1n) is 6.73. The lowest BCUT2D eigenvalue weighted by atomic mass is 9.66.